The van der Waals surface area contributed by atoms with Crippen LogP contribution < -0.4 is 0 Å². The molecular weight excluding hydrogens is 759 g/mol. The molecule has 0 radical (unpaired) electrons. The normalized spacial score (nSPS) is 17.9. The SMILES string of the molecule is CCCCC/C=C\C/C=C\CCCCCCCCCC(=O)O[C@H](COC(=O)CCC/C=C\CC1OC1C/C=C\C/C=C\CCCCC)COP(=O)(O)OC[C@@H](O)CO. The molecule has 1 heterocycles. The van der Waals surface area contributed by atoms with Crippen molar-refractivity contribution in [2.45, 2.75) is 192 Å². The zero-order valence-corrected chi connectivity index (χ0v) is 36.8. The average Bonchev–Trinajstić information content (AvgIpc) is 3.97. The van der Waals surface area contributed by atoms with E-state index >= 15 is 0 Å². The highest BCUT2D eigenvalue weighted by Crippen LogP contribution is 2.43. The summed E-state index contributed by atoms with van der Waals surface area (Å²) in [4.78, 5) is 35.1. The summed E-state index contributed by atoms with van der Waals surface area (Å²) in [7, 11) is -4.64. The van der Waals surface area contributed by atoms with Gasteiger partial charge in [0.25, 0.3) is 0 Å². The maximum absolute atomic E-state index is 12.6. The van der Waals surface area contributed by atoms with Gasteiger partial charge in [0.1, 0.15) is 12.7 Å². The Kier molecular flexibility index (Phi) is 34.8. The lowest BCUT2D eigenvalue weighted by Gasteiger charge is -2.20. The lowest BCUT2D eigenvalue weighted by atomic mass is 10.1. The van der Waals surface area contributed by atoms with Crippen LogP contribution in [0.25, 0.3) is 0 Å². The number of ether oxygens (including phenoxy) is 3. The molecule has 12 heteroatoms. The second-order valence-electron chi connectivity index (χ2n) is 15.1. The maximum Gasteiger partial charge on any atom is 0.472 e. The smallest absolute Gasteiger partial charge is 0.462 e. The number of hydrogen-bond acceptors (Lipinski definition) is 10. The lowest BCUT2D eigenvalue weighted by molar-refractivity contribution is -0.161. The van der Waals surface area contributed by atoms with E-state index < -0.39 is 51.8 Å². The zero-order valence-electron chi connectivity index (χ0n) is 35.9. The van der Waals surface area contributed by atoms with E-state index in [4.69, 9.17) is 23.8 Å². The molecule has 0 bridgehead atoms. The Morgan fingerprint density at radius 2 is 1.07 bits per heavy atom. The molecule has 11 nitrogen and oxygen atoms in total. The van der Waals surface area contributed by atoms with Crippen molar-refractivity contribution >= 4 is 19.8 Å². The predicted molar refractivity (Wildman–Crippen MR) is 232 cm³/mol. The summed E-state index contributed by atoms with van der Waals surface area (Å²) in [5.41, 5.74) is 0. The van der Waals surface area contributed by atoms with Crippen LogP contribution in [-0.4, -0.2) is 77.9 Å². The van der Waals surface area contributed by atoms with Gasteiger partial charge in [0.15, 0.2) is 6.10 Å². The molecule has 3 N–H and O–H groups in total. The van der Waals surface area contributed by atoms with Crippen LogP contribution in [-0.2, 0) is 37.4 Å². The standard InChI is InChI=1S/C46H79O11P/c1-3-5-7-9-11-13-14-15-16-17-18-19-20-22-24-26-32-36-46(50)56-42(40-55-58(51,52)54-38-41(48)37-47)39-53-45(49)35-31-28-27-30-34-44-43(57-44)33-29-25-23-21-12-10-8-6-4-2/h11-13,15-16,21,25,27,29-30,41-44,47-48H,3-10,14,17-20,22-24,26,28,31-40H2,1-2H3,(H,51,52)/b13-11-,16-15-,21-12-,29-25-,30-27-/t41-,42+,43?,44?/m0/s1. The number of epoxide rings is 1. The van der Waals surface area contributed by atoms with E-state index in [1.165, 1.54) is 57.8 Å². The van der Waals surface area contributed by atoms with Gasteiger partial charge in [0, 0.05) is 12.8 Å². The molecule has 1 rings (SSSR count). The fraction of sp³-hybridized carbons (Fsp3) is 0.739. The van der Waals surface area contributed by atoms with Gasteiger partial charge in [-0.2, -0.15) is 0 Å². The number of allylic oxidation sites excluding steroid dienone is 8. The maximum atomic E-state index is 12.6. The van der Waals surface area contributed by atoms with Crippen LogP contribution in [0.15, 0.2) is 60.8 Å². The molecule has 1 aliphatic rings. The minimum absolute atomic E-state index is 0.153. The first-order valence-electron chi connectivity index (χ1n) is 22.4. The van der Waals surface area contributed by atoms with Crippen molar-refractivity contribution in [3.8, 4) is 0 Å². The zero-order chi connectivity index (χ0) is 42.4. The molecule has 0 aliphatic carbocycles. The first-order valence-corrected chi connectivity index (χ1v) is 23.9. The third kappa shape index (κ3) is 34.5. The van der Waals surface area contributed by atoms with Gasteiger partial charge >= 0.3 is 19.8 Å². The number of phosphoric acid groups is 1. The summed E-state index contributed by atoms with van der Waals surface area (Å²) in [6.07, 6.45) is 43.5. The molecule has 1 aliphatic heterocycles. The Morgan fingerprint density at radius 1 is 0.603 bits per heavy atom. The van der Waals surface area contributed by atoms with Crippen molar-refractivity contribution in [3.05, 3.63) is 60.8 Å². The molecule has 0 spiro atoms. The van der Waals surface area contributed by atoms with Gasteiger partial charge in [-0.15, -0.1) is 0 Å². The van der Waals surface area contributed by atoms with Gasteiger partial charge in [-0.05, 0) is 83.5 Å². The number of rotatable bonds is 40. The number of aliphatic hydroxyl groups is 2. The molecule has 0 aromatic carbocycles. The highest BCUT2D eigenvalue weighted by Gasteiger charge is 2.36. The number of carbonyl (C=O) groups excluding carboxylic acids is 2. The van der Waals surface area contributed by atoms with Crippen LogP contribution in [0.1, 0.15) is 168 Å². The van der Waals surface area contributed by atoms with E-state index in [1.807, 2.05) is 6.08 Å². The van der Waals surface area contributed by atoms with Crippen molar-refractivity contribution in [2.75, 3.05) is 26.4 Å². The van der Waals surface area contributed by atoms with Crippen molar-refractivity contribution in [2.24, 2.45) is 0 Å². The molecule has 1 fully saturated rings. The minimum Gasteiger partial charge on any atom is -0.462 e. The second-order valence-corrected chi connectivity index (χ2v) is 16.6. The van der Waals surface area contributed by atoms with Crippen LogP contribution in [0.4, 0.5) is 0 Å². The van der Waals surface area contributed by atoms with Crippen LogP contribution >= 0.6 is 7.82 Å². The molecule has 58 heavy (non-hydrogen) atoms. The summed E-state index contributed by atoms with van der Waals surface area (Å²) in [6.45, 7) is 2.23. The molecule has 0 amide bonds. The van der Waals surface area contributed by atoms with Gasteiger partial charge in [0.2, 0.25) is 0 Å². The van der Waals surface area contributed by atoms with E-state index in [-0.39, 0.29) is 31.7 Å². The minimum atomic E-state index is -4.64. The Morgan fingerprint density at radius 3 is 1.66 bits per heavy atom. The van der Waals surface area contributed by atoms with Crippen molar-refractivity contribution in [3.63, 3.8) is 0 Å². The molecule has 0 aromatic rings. The first kappa shape index (κ1) is 53.6. The fourth-order valence-corrected chi connectivity index (χ4v) is 6.73. The quantitative estimate of drug-likeness (QED) is 0.0177. The molecule has 0 saturated carbocycles. The van der Waals surface area contributed by atoms with Gasteiger partial charge in [-0.3, -0.25) is 18.6 Å². The van der Waals surface area contributed by atoms with E-state index in [9.17, 15) is 24.2 Å². The molecule has 5 atom stereocenters. The first-order chi connectivity index (χ1) is 28.2. The van der Waals surface area contributed by atoms with Crippen molar-refractivity contribution < 1.29 is 52.5 Å². The number of aliphatic hydroxyl groups excluding tert-OH is 2. The number of hydrogen-bond donors (Lipinski definition) is 3. The van der Waals surface area contributed by atoms with E-state index in [0.29, 0.717) is 19.3 Å². The number of esters is 2. The Bertz CT molecular complexity index is 1210. The lowest BCUT2D eigenvalue weighted by Crippen LogP contribution is -2.29. The third-order valence-corrected chi connectivity index (χ3v) is 10.5. The molecular formula is C46H79O11P. The Hall–Kier alpha value is -2.37. The van der Waals surface area contributed by atoms with Gasteiger partial charge in [0.05, 0.1) is 32.0 Å². The summed E-state index contributed by atoms with van der Waals surface area (Å²) >= 11 is 0. The fourth-order valence-electron chi connectivity index (χ4n) is 5.94. The van der Waals surface area contributed by atoms with E-state index in [1.54, 1.807) is 0 Å². The van der Waals surface area contributed by atoms with Gasteiger partial charge < -0.3 is 29.3 Å². The highest BCUT2D eigenvalue weighted by atomic mass is 31.2. The number of carbonyl (C=O) groups is 2. The molecule has 0 aromatic heterocycles. The molecule has 3 unspecified atom stereocenters. The number of unbranched alkanes of at least 4 members (excludes halogenated alkanes) is 14. The van der Waals surface area contributed by atoms with Gasteiger partial charge in [-0.1, -0.05) is 132 Å². The van der Waals surface area contributed by atoms with Gasteiger partial charge in [-0.25, -0.2) is 4.57 Å². The van der Waals surface area contributed by atoms with E-state index in [0.717, 1.165) is 64.2 Å². The Labute approximate surface area is 351 Å². The average molecular weight is 839 g/mol. The predicted octanol–water partition coefficient (Wildman–Crippen LogP) is 10.9. The highest BCUT2D eigenvalue weighted by molar-refractivity contribution is 7.47. The molecule has 1 saturated heterocycles. The summed E-state index contributed by atoms with van der Waals surface area (Å²) in [5, 5.41) is 18.4. The topological polar surface area (TPSA) is 161 Å². The summed E-state index contributed by atoms with van der Waals surface area (Å²) in [5.74, 6) is -1.01. The van der Waals surface area contributed by atoms with E-state index in [2.05, 4.69) is 73.1 Å². The van der Waals surface area contributed by atoms with Crippen LogP contribution in [0.5, 0.6) is 0 Å². The van der Waals surface area contributed by atoms with Crippen LogP contribution in [0.2, 0.25) is 0 Å². The number of phosphoric ester groups is 1. The summed E-state index contributed by atoms with van der Waals surface area (Å²) in [6, 6.07) is 0. The largest absolute Gasteiger partial charge is 0.472 e. The van der Waals surface area contributed by atoms with Crippen molar-refractivity contribution in [1.29, 1.82) is 0 Å². The van der Waals surface area contributed by atoms with Crippen molar-refractivity contribution in [1.82, 2.24) is 0 Å². The van der Waals surface area contributed by atoms with Crippen LogP contribution in [0, 0.1) is 0 Å². The summed E-state index contributed by atoms with van der Waals surface area (Å²) < 4.78 is 38.5. The molecule has 334 valence electrons. The second kappa shape index (κ2) is 37.6. The third-order valence-electron chi connectivity index (χ3n) is 9.55. The monoisotopic (exact) mass is 839 g/mol. The Balaban J connectivity index is 2.30. The van der Waals surface area contributed by atoms with Crippen LogP contribution in [0.3, 0.4) is 0 Å².